The number of fused-ring (bicyclic) bond motifs is 1. The highest BCUT2D eigenvalue weighted by Gasteiger charge is 2.12. The van der Waals surface area contributed by atoms with Gasteiger partial charge in [-0.3, -0.25) is 15.1 Å². The monoisotopic (exact) mass is 367 g/mol. The molecule has 2 N–H and O–H groups in total. The molecule has 27 heavy (non-hydrogen) atoms. The smallest absolute Gasteiger partial charge is 0.255 e. The fourth-order valence-electron chi connectivity index (χ4n) is 3.00. The molecule has 0 amide bonds. The molecule has 0 aliphatic rings. The number of anilines is 2. The molecule has 142 valence electrons. The van der Waals surface area contributed by atoms with Crippen LogP contribution in [0.2, 0.25) is 0 Å². The first-order chi connectivity index (χ1) is 12.9. The predicted octanol–water partition coefficient (Wildman–Crippen LogP) is 3.67. The van der Waals surface area contributed by atoms with Crippen molar-refractivity contribution in [1.82, 2.24) is 19.9 Å². The minimum absolute atomic E-state index is 0.124. The Hall–Kier alpha value is -2.96. The number of methoxy groups -OCH3 is 1. The summed E-state index contributed by atoms with van der Waals surface area (Å²) in [5.74, 6) is 1.90. The van der Waals surface area contributed by atoms with E-state index < -0.39 is 0 Å². The van der Waals surface area contributed by atoms with Gasteiger partial charge < -0.3 is 4.74 Å². The Labute approximate surface area is 158 Å². The Bertz CT molecular complexity index is 1030. The van der Waals surface area contributed by atoms with E-state index in [1.54, 1.807) is 7.11 Å². The molecule has 0 radical (unpaired) electrons. The van der Waals surface area contributed by atoms with Crippen LogP contribution in [0.5, 0.6) is 5.75 Å². The van der Waals surface area contributed by atoms with E-state index >= 15 is 0 Å². The number of aromatic nitrogens is 4. The molecule has 7 heteroatoms. The van der Waals surface area contributed by atoms with Gasteiger partial charge in [0, 0.05) is 16.6 Å². The van der Waals surface area contributed by atoms with Crippen molar-refractivity contribution >= 4 is 22.8 Å². The van der Waals surface area contributed by atoms with Crippen molar-refractivity contribution in [3.05, 3.63) is 45.5 Å². The second kappa shape index (κ2) is 7.73. The summed E-state index contributed by atoms with van der Waals surface area (Å²) in [6.07, 6.45) is 1.67. The van der Waals surface area contributed by atoms with Gasteiger partial charge in [-0.2, -0.15) is 0 Å². The summed E-state index contributed by atoms with van der Waals surface area (Å²) < 4.78 is 5.40. The van der Waals surface area contributed by atoms with Crippen molar-refractivity contribution in [2.24, 2.45) is 5.92 Å². The predicted molar refractivity (Wildman–Crippen MR) is 107 cm³/mol. The Morgan fingerprint density at radius 2 is 1.93 bits per heavy atom. The Morgan fingerprint density at radius 3 is 2.59 bits per heavy atom. The number of aryl methyl sites for hydroxylation is 2. The van der Waals surface area contributed by atoms with Gasteiger partial charge in [0.25, 0.3) is 5.56 Å². The Balaban J connectivity index is 1.94. The third-order valence-corrected chi connectivity index (χ3v) is 4.52. The highest BCUT2D eigenvalue weighted by atomic mass is 16.5. The maximum Gasteiger partial charge on any atom is 0.255 e. The van der Waals surface area contributed by atoms with Gasteiger partial charge >= 0.3 is 0 Å². The second-order valence-electron chi connectivity index (χ2n) is 7.03. The summed E-state index contributed by atoms with van der Waals surface area (Å²) in [5, 5.41) is 3.94. The van der Waals surface area contributed by atoms with Crippen LogP contribution in [-0.2, 0) is 6.42 Å². The lowest BCUT2D eigenvalue weighted by atomic mass is 10.0. The molecule has 0 spiro atoms. The lowest BCUT2D eigenvalue weighted by molar-refractivity contribution is 0.419. The van der Waals surface area contributed by atoms with Gasteiger partial charge in [-0.15, -0.1) is 0 Å². The number of benzene rings is 1. The van der Waals surface area contributed by atoms with E-state index in [1.165, 1.54) is 0 Å². The molecule has 0 atom stereocenters. The molecule has 0 fully saturated rings. The van der Waals surface area contributed by atoms with Gasteiger partial charge in [0.1, 0.15) is 11.3 Å². The van der Waals surface area contributed by atoms with Gasteiger partial charge in [0.05, 0.1) is 12.8 Å². The zero-order valence-electron chi connectivity index (χ0n) is 16.4. The molecule has 0 saturated heterocycles. The van der Waals surface area contributed by atoms with Crippen LogP contribution in [-0.4, -0.2) is 27.0 Å². The first-order valence-electron chi connectivity index (χ1n) is 9.07. The normalized spacial score (nSPS) is 11.2. The third-order valence-electron chi connectivity index (χ3n) is 4.52. The van der Waals surface area contributed by atoms with Crippen molar-refractivity contribution < 1.29 is 4.74 Å². The number of nitrogens with zero attached hydrogens (tertiary/aromatic N) is 3. The van der Waals surface area contributed by atoms with E-state index in [2.05, 4.69) is 39.1 Å². The topological polar surface area (TPSA) is 92.8 Å². The second-order valence-corrected chi connectivity index (χ2v) is 7.03. The van der Waals surface area contributed by atoms with Crippen molar-refractivity contribution in [3.8, 4) is 5.75 Å². The SMILES string of the molecule is COc1cccc2c(C)nc(Nc3nc(C)c(CCC(C)C)c(=O)[nH]3)nc12. The Kier molecular flexibility index (Phi) is 5.39. The molecule has 2 aromatic heterocycles. The van der Waals surface area contributed by atoms with E-state index in [-0.39, 0.29) is 5.56 Å². The molecule has 0 aliphatic carbocycles. The van der Waals surface area contributed by atoms with Crippen LogP contribution in [0.15, 0.2) is 23.0 Å². The van der Waals surface area contributed by atoms with Gasteiger partial charge in [-0.05, 0) is 38.7 Å². The molecule has 3 aromatic rings. The maximum atomic E-state index is 12.4. The van der Waals surface area contributed by atoms with E-state index in [9.17, 15) is 4.79 Å². The number of aromatic amines is 1. The van der Waals surface area contributed by atoms with Gasteiger partial charge in [0.2, 0.25) is 11.9 Å². The molecule has 2 heterocycles. The zero-order valence-corrected chi connectivity index (χ0v) is 16.4. The molecule has 0 unspecified atom stereocenters. The molecular weight excluding hydrogens is 342 g/mol. The van der Waals surface area contributed by atoms with Crippen LogP contribution in [0.4, 0.5) is 11.9 Å². The molecule has 1 aromatic carbocycles. The summed E-state index contributed by atoms with van der Waals surface area (Å²) in [5.41, 5.74) is 2.85. The number of ether oxygens (including phenoxy) is 1. The minimum Gasteiger partial charge on any atom is -0.494 e. The summed E-state index contributed by atoms with van der Waals surface area (Å²) in [6, 6.07) is 5.71. The average molecular weight is 367 g/mol. The van der Waals surface area contributed by atoms with Crippen LogP contribution in [0.3, 0.4) is 0 Å². The van der Waals surface area contributed by atoms with Crippen molar-refractivity contribution in [1.29, 1.82) is 0 Å². The number of rotatable bonds is 6. The first-order valence-corrected chi connectivity index (χ1v) is 9.07. The first kappa shape index (κ1) is 18.8. The summed E-state index contributed by atoms with van der Waals surface area (Å²) in [4.78, 5) is 28.7. The highest BCUT2D eigenvalue weighted by molar-refractivity contribution is 5.87. The van der Waals surface area contributed by atoms with Crippen LogP contribution in [0.25, 0.3) is 10.9 Å². The number of H-pyrrole nitrogens is 1. The molecule has 0 saturated carbocycles. The summed E-state index contributed by atoms with van der Waals surface area (Å²) in [6.45, 7) is 8.04. The van der Waals surface area contributed by atoms with Crippen molar-refractivity contribution in [2.45, 2.75) is 40.5 Å². The number of hydrogen-bond donors (Lipinski definition) is 2. The molecule has 0 bridgehead atoms. The van der Waals surface area contributed by atoms with E-state index in [0.717, 1.165) is 35.2 Å². The third kappa shape index (κ3) is 4.07. The summed E-state index contributed by atoms with van der Waals surface area (Å²) >= 11 is 0. The number of para-hydroxylation sites is 1. The van der Waals surface area contributed by atoms with E-state index in [0.29, 0.717) is 29.1 Å². The molecule has 3 rings (SSSR count). The lowest BCUT2D eigenvalue weighted by Crippen LogP contribution is -2.19. The van der Waals surface area contributed by atoms with Gasteiger partial charge in [-0.1, -0.05) is 26.0 Å². The summed E-state index contributed by atoms with van der Waals surface area (Å²) in [7, 11) is 1.61. The zero-order chi connectivity index (χ0) is 19.6. The van der Waals surface area contributed by atoms with Gasteiger partial charge in [-0.25, -0.2) is 15.0 Å². The number of nitrogens with one attached hydrogen (secondary N) is 2. The molecule has 0 aliphatic heterocycles. The largest absolute Gasteiger partial charge is 0.494 e. The van der Waals surface area contributed by atoms with E-state index in [4.69, 9.17) is 4.74 Å². The highest BCUT2D eigenvalue weighted by Crippen LogP contribution is 2.26. The molecular formula is C20H25N5O2. The fraction of sp³-hybridized carbons (Fsp3) is 0.400. The lowest BCUT2D eigenvalue weighted by Gasteiger charge is -2.11. The van der Waals surface area contributed by atoms with Crippen LogP contribution < -0.4 is 15.6 Å². The maximum absolute atomic E-state index is 12.4. The van der Waals surface area contributed by atoms with Crippen LogP contribution in [0.1, 0.15) is 37.2 Å². The molecule has 7 nitrogen and oxygen atoms in total. The van der Waals surface area contributed by atoms with Gasteiger partial charge in [0.15, 0.2) is 0 Å². The van der Waals surface area contributed by atoms with Crippen molar-refractivity contribution in [2.75, 3.05) is 12.4 Å². The standard InChI is InChI=1S/C20H25N5O2/c1-11(2)9-10-15-13(4)22-20(24-18(15)26)25-19-21-12(3)14-7-6-8-16(27-5)17(14)23-19/h6-8,11H,9-10H2,1-5H3,(H2,21,22,23,24,25,26). The van der Waals surface area contributed by atoms with Crippen LogP contribution >= 0.6 is 0 Å². The fourth-order valence-corrected chi connectivity index (χ4v) is 3.00. The van der Waals surface area contributed by atoms with Crippen molar-refractivity contribution in [3.63, 3.8) is 0 Å². The minimum atomic E-state index is -0.124. The number of hydrogen-bond acceptors (Lipinski definition) is 6. The quantitative estimate of drug-likeness (QED) is 0.690. The Morgan fingerprint density at radius 1 is 1.15 bits per heavy atom. The average Bonchev–Trinajstić information content (AvgIpc) is 2.60. The van der Waals surface area contributed by atoms with E-state index in [1.807, 2.05) is 32.0 Å². The van der Waals surface area contributed by atoms with Crippen LogP contribution in [0, 0.1) is 19.8 Å².